The van der Waals surface area contributed by atoms with Gasteiger partial charge in [0.15, 0.2) is 8.32 Å². The Labute approximate surface area is 268 Å². The van der Waals surface area contributed by atoms with Crippen LogP contribution in [0, 0.1) is 0 Å². The molecule has 1 unspecified atom stereocenters. The highest BCUT2D eigenvalue weighted by Crippen LogP contribution is 2.37. The molecule has 10 heteroatoms. The fourth-order valence-corrected chi connectivity index (χ4v) is 20.2. The molecule has 4 nitrogen and oxygen atoms in total. The number of thioether (sulfide) groups is 1. The lowest BCUT2D eigenvalue weighted by Gasteiger charge is -2.34. The average Bonchev–Trinajstić information content (AvgIpc) is 2.98. The van der Waals surface area contributed by atoms with Gasteiger partial charge in [-0.3, -0.25) is 0 Å². The van der Waals surface area contributed by atoms with Gasteiger partial charge < -0.3 is 17.4 Å². The summed E-state index contributed by atoms with van der Waals surface area (Å²) in [5, 5.41) is 0. The third-order valence-electron chi connectivity index (χ3n) is 9.06. The molecule has 1 aromatic rings. The van der Waals surface area contributed by atoms with Crippen LogP contribution in [0.4, 0.5) is 0 Å². The highest BCUT2D eigenvalue weighted by atomic mass is 32.2. The number of thiol groups is 1. The molecule has 0 amide bonds. The van der Waals surface area contributed by atoms with Crippen LogP contribution in [0.3, 0.4) is 0 Å². The molecule has 0 aliphatic rings. The highest BCUT2D eigenvalue weighted by Gasteiger charge is 2.37. The van der Waals surface area contributed by atoms with Gasteiger partial charge >= 0.3 is 8.56 Å². The Kier molecular flexibility index (Phi) is 18.8. The molecular formula is C31H64O4S2Si4. The molecule has 0 spiro atoms. The van der Waals surface area contributed by atoms with Gasteiger partial charge in [-0.2, -0.15) is 24.4 Å². The van der Waals surface area contributed by atoms with Crippen molar-refractivity contribution in [3.8, 4) is 11.5 Å². The molecule has 0 saturated heterocycles. The predicted molar refractivity (Wildman–Crippen MR) is 198 cm³/mol. The quantitative estimate of drug-likeness (QED) is 0.0670. The van der Waals surface area contributed by atoms with Crippen molar-refractivity contribution in [2.45, 2.75) is 135 Å². The largest absolute Gasteiger partial charge is 0.541 e. The first-order valence-corrected chi connectivity index (χ1v) is 28.9. The summed E-state index contributed by atoms with van der Waals surface area (Å²) in [4.78, 5) is 0. The van der Waals surface area contributed by atoms with Crippen molar-refractivity contribution in [1.29, 1.82) is 0 Å². The van der Waals surface area contributed by atoms with Crippen molar-refractivity contribution in [1.82, 2.24) is 0 Å². The molecule has 1 aromatic carbocycles. The minimum atomic E-state index is -2.06. The first-order chi connectivity index (χ1) is 19.4. The van der Waals surface area contributed by atoms with Gasteiger partial charge in [-0.1, -0.05) is 47.6 Å². The number of aryl methyl sites for hydroxylation is 1. The SMILES string of the molecule is CC[Si](CC)(CC)Oc1ccc(CCCSCCC[Si](C)(C)O[Si](C)(CCCS)OC)cc1O[Si](CC)(CC)CC. The number of rotatable bonds is 24. The highest BCUT2D eigenvalue weighted by molar-refractivity contribution is 7.99. The van der Waals surface area contributed by atoms with Crippen LogP contribution in [0.2, 0.25) is 68.0 Å². The summed E-state index contributed by atoms with van der Waals surface area (Å²) in [6.07, 6.45) is 4.58. The fourth-order valence-electron chi connectivity index (χ4n) is 5.58. The standard InChI is InChI=1S/C31H64O4S2Si4/c1-11-40(12-2,13-3)33-30-22-21-29(28-31(30)34-41(14-4,15-5)16-6)20-17-24-37-25-19-26-38(8,9)35-39(10,32-7)27-18-23-36/h21-22,28,36H,11-20,23-27H2,1-10H3. The molecule has 0 N–H and O–H groups in total. The molecule has 0 radical (unpaired) electrons. The van der Waals surface area contributed by atoms with E-state index >= 15 is 0 Å². The second-order valence-corrected chi connectivity index (χ2v) is 31.4. The zero-order chi connectivity index (χ0) is 31.0. The third-order valence-corrected chi connectivity index (χ3v) is 27.2. The maximum atomic E-state index is 6.97. The van der Waals surface area contributed by atoms with Crippen LogP contribution in [0.25, 0.3) is 0 Å². The van der Waals surface area contributed by atoms with Crippen LogP contribution in [0.1, 0.15) is 66.4 Å². The monoisotopic (exact) mass is 676 g/mol. The van der Waals surface area contributed by atoms with Gasteiger partial charge in [0.2, 0.25) is 0 Å². The van der Waals surface area contributed by atoms with Crippen molar-refractivity contribution in [3.05, 3.63) is 23.8 Å². The van der Waals surface area contributed by atoms with Gasteiger partial charge in [0, 0.05) is 7.11 Å². The van der Waals surface area contributed by atoms with E-state index in [1.165, 1.54) is 36.0 Å². The lowest BCUT2D eigenvalue weighted by atomic mass is 10.1. The van der Waals surface area contributed by atoms with Gasteiger partial charge in [-0.25, -0.2) is 0 Å². The molecule has 41 heavy (non-hydrogen) atoms. The van der Waals surface area contributed by atoms with Gasteiger partial charge in [0.25, 0.3) is 16.6 Å². The summed E-state index contributed by atoms with van der Waals surface area (Å²) >= 11 is 6.47. The Bertz CT molecular complexity index is 837. The molecule has 1 rings (SSSR count). The fraction of sp³-hybridized carbons (Fsp3) is 0.806. The van der Waals surface area contributed by atoms with Crippen molar-refractivity contribution >= 4 is 57.9 Å². The van der Waals surface area contributed by atoms with E-state index in [2.05, 4.69) is 104 Å². The summed E-state index contributed by atoms with van der Waals surface area (Å²) in [5.74, 6) is 5.32. The molecule has 0 saturated carbocycles. The van der Waals surface area contributed by atoms with E-state index in [0.29, 0.717) is 0 Å². The van der Waals surface area contributed by atoms with E-state index < -0.39 is 33.5 Å². The minimum Gasteiger partial charge on any atom is -0.541 e. The smallest absolute Gasteiger partial charge is 0.324 e. The number of benzene rings is 1. The zero-order valence-electron chi connectivity index (χ0n) is 28.3. The molecular weight excluding hydrogens is 613 g/mol. The van der Waals surface area contributed by atoms with Gasteiger partial charge in [-0.15, -0.1) is 0 Å². The summed E-state index contributed by atoms with van der Waals surface area (Å²) in [6, 6.07) is 15.9. The summed E-state index contributed by atoms with van der Waals surface area (Å²) in [7, 11) is -5.52. The van der Waals surface area contributed by atoms with Gasteiger partial charge in [0.1, 0.15) is 11.5 Å². The molecule has 0 aliphatic heterocycles. The molecule has 0 bridgehead atoms. The second kappa shape index (κ2) is 19.6. The van der Waals surface area contributed by atoms with Crippen molar-refractivity contribution < 1.29 is 17.4 Å². The molecule has 240 valence electrons. The van der Waals surface area contributed by atoms with E-state index in [0.717, 1.165) is 72.4 Å². The van der Waals surface area contributed by atoms with Crippen LogP contribution < -0.4 is 8.85 Å². The van der Waals surface area contributed by atoms with Crippen LogP contribution in [-0.4, -0.2) is 57.9 Å². The van der Waals surface area contributed by atoms with Crippen LogP contribution in [0.5, 0.6) is 11.5 Å². The predicted octanol–water partition coefficient (Wildman–Crippen LogP) is 10.8. The Hall–Kier alpha value is 0.308. The maximum Gasteiger partial charge on any atom is 0.324 e. The van der Waals surface area contributed by atoms with E-state index in [4.69, 9.17) is 17.4 Å². The van der Waals surface area contributed by atoms with Gasteiger partial charge in [0.05, 0.1) is 0 Å². The van der Waals surface area contributed by atoms with Crippen LogP contribution >= 0.6 is 24.4 Å². The average molecular weight is 677 g/mol. The Morgan fingerprint density at radius 2 is 1.24 bits per heavy atom. The Morgan fingerprint density at radius 1 is 0.707 bits per heavy atom. The van der Waals surface area contributed by atoms with Crippen LogP contribution in [-0.2, 0) is 15.0 Å². The van der Waals surface area contributed by atoms with E-state index in [1.54, 1.807) is 0 Å². The Balaban J connectivity index is 2.74. The lowest BCUT2D eigenvalue weighted by molar-refractivity contribution is 0.300. The summed E-state index contributed by atoms with van der Waals surface area (Å²) in [6.45, 7) is 20.8. The molecule has 0 aliphatic carbocycles. The Morgan fingerprint density at radius 3 is 1.76 bits per heavy atom. The van der Waals surface area contributed by atoms with E-state index in [1.807, 2.05) is 7.11 Å². The molecule has 0 heterocycles. The second-order valence-electron chi connectivity index (χ2n) is 12.3. The topological polar surface area (TPSA) is 36.9 Å². The summed E-state index contributed by atoms with van der Waals surface area (Å²) in [5.41, 5.74) is 1.38. The third kappa shape index (κ3) is 13.5. The zero-order valence-corrected chi connectivity index (χ0v) is 34.0. The molecule has 0 fully saturated rings. The summed E-state index contributed by atoms with van der Waals surface area (Å²) < 4.78 is 26.4. The van der Waals surface area contributed by atoms with E-state index in [-0.39, 0.29) is 0 Å². The van der Waals surface area contributed by atoms with E-state index in [9.17, 15) is 0 Å². The van der Waals surface area contributed by atoms with Crippen LogP contribution in [0.15, 0.2) is 18.2 Å². The number of hydrogen-bond donors (Lipinski definition) is 1. The number of hydrogen-bond acceptors (Lipinski definition) is 6. The van der Waals surface area contributed by atoms with Crippen molar-refractivity contribution in [2.24, 2.45) is 0 Å². The minimum absolute atomic E-state index is 0.901. The first kappa shape index (κ1) is 39.3. The van der Waals surface area contributed by atoms with Gasteiger partial charge in [-0.05, 0) is 129 Å². The van der Waals surface area contributed by atoms with Crippen molar-refractivity contribution in [3.63, 3.8) is 0 Å². The molecule has 0 aromatic heterocycles. The molecule has 1 atom stereocenters. The normalized spacial score (nSPS) is 14.2. The lowest BCUT2D eigenvalue weighted by Crippen LogP contribution is -2.48. The first-order valence-electron chi connectivity index (χ1n) is 16.4. The maximum absolute atomic E-state index is 6.97. The van der Waals surface area contributed by atoms with Crippen molar-refractivity contribution in [2.75, 3.05) is 24.4 Å².